The van der Waals surface area contributed by atoms with Gasteiger partial charge >= 0.3 is 0 Å². The molecule has 2 aromatic rings. The Morgan fingerprint density at radius 3 is 2.48 bits per heavy atom. The summed E-state index contributed by atoms with van der Waals surface area (Å²) in [5, 5.41) is 1.74. The maximum Gasteiger partial charge on any atom is 0.265 e. The lowest BCUT2D eigenvalue weighted by atomic mass is 10.0. The molecule has 0 aliphatic heterocycles. The molecule has 0 aromatic heterocycles. The van der Waals surface area contributed by atoms with Gasteiger partial charge < -0.3 is 0 Å². The Morgan fingerprint density at radius 2 is 1.81 bits per heavy atom. The summed E-state index contributed by atoms with van der Waals surface area (Å²) in [4.78, 5) is 12.3. The van der Waals surface area contributed by atoms with Crippen molar-refractivity contribution in [2.45, 2.75) is 19.8 Å². The van der Waals surface area contributed by atoms with Gasteiger partial charge in [0.05, 0.1) is 5.75 Å². The molecule has 1 fully saturated rings. The minimum atomic E-state index is -3.54. The lowest BCUT2D eigenvalue weighted by molar-refractivity contribution is 0.0983. The third-order valence-corrected chi connectivity index (χ3v) is 5.19. The monoisotopic (exact) mass is 303 g/mol. The molecule has 0 bridgehead atoms. The van der Waals surface area contributed by atoms with Gasteiger partial charge in [-0.05, 0) is 48.1 Å². The van der Waals surface area contributed by atoms with Gasteiger partial charge in [0.25, 0.3) is 5.91 Å². The summed E-state index contributed by atoms with van der Waals surface area (Å²) in [7, 11) is -3.54. The topological polar surface area (TPSA) is 63.2 Å². The lowest BCUT2D eigenvalue weighted by Crippen LogP contribution is -2.33. The van der Waals surface area contributed by atoms with Gasteiger partial charge in [0.2, 0.25) is 10.0 Å². The van der Waals surface area contributed by atoms with Crippen molar-refractivity contribution < 1.29 is 13.2 Å². The lowest BCUT2D eigenvalue weighted by Gasteiger charge is -2.10. The molecule has 0 radical (unpaired) electrons. The smallest absolute Gasteiger partial charge is 0.265 e. The highest BCUT2D eigenvalue weighted by atomic mass is 32.2. The van der Waals surface area contributed by atoms with Crippen molar-refractivity contribution in [3.63, 3.8) is 0 Å². The summed E-state index contributed by atoms with van der Waals surface area (Å²) >= 11 is 0. The first-order valence-electron chi connectivity index (χ1n) is 6.99. The first-order valence-corrected chi connectivity index (χ1v) is 8.65. The molecule has 3 rings (SSSR count). The zero-order chi connectivity index (χ0) is 15.0. The molecule has 110 valence electrons. The number of fused-ring (bicyclic) bond motifs is 1. The minimum Gasteiger partial charge on any atom is -0.268 e. The van der Waals surface area contributed by atoms with E-state index >= 15 is 0 Å². The van der Waals surface area contributed by atoms with E-state index in [4.69, 9.17) is 0 Å². The molecule has 1 N–H and O–H groups in total. The second-order valence-electron chi connectivity index (χ2n) is 5.63. The number of hydrogen-bond acceptors (Lipinski definition) is 3. The van der Waals surface area contributed by atoms with E-state index < -0.39 is 15.9 Å². The van der Waals surface area contributed by atoms with E-state index in [9.17, 15) is 13.2 Å². The fourth-order valence-electron chi connectivity index (χ4n) is 2.48. The molecular weight excluding hydrogens is 286 g/mol. The highest BCUT2D eigenvalue weighted by molar-refractivity contribution is 7.90. The van der Waals surface area contributed by atoms with Crippen LogP contribution in [0.3, 0.4) is 0 Å². The molecule has 0 spiro atoms. The predicted octanol–water partition coefficient (Wildman–Crippen LogP) is 2.62. The van der Waals surface area contributed by atoms with E-state index in [2.05, 4.69) is 4.72 Å². The number of rotatable bonds is 4. The van der Waals surface area contributed by atoms with Crippen molar-refractivity contribution in [1.82, 2.24) is 4.72 Å². The molecule has 4 nitrogen and oxygen atoms in total. The number of aryl methyl sites for hydroxylation is 1. The van der Waals surface area contributed by atoms with Crippen molar-refractivity contribution in [2.75, 3.05) is 5.75 Å². The van der Waals surface area contributed by atoms with Crippen molar-refractivity contribution in [3.05, 3.63) is 47.5 Å². The van der Waals surface area contributed by atoms with Crippen LogP contribution in [0.1, 0.15) is 28.8 Å². The molecule has 1 aliphatic carbocycles. The molecule has 0 unspecified atom stereocenters. The Balaban J connectivity index is 1.93. The average molecular weight is 303 g/mol. The van der Waals surface area contributed by atoms with Crippen molar-refractivity contribution >= 4 is 26.7 Å². The SMILES string of the molecule is Cc1ccc(C(=O)NS(=O)(=O)CC2CC2)c2ccccc12. The van der Waals surface area contributed by atoms with Gasteiger partial charge in [-0.25, -0.2) is 13.1 Å². The Kier molecular flexibility index (Phi) is 3.45. The van der Waals surface area contributed by atoms with E-state index in [0.29, 0.717) is 5.56 Å². The maximum atomic E-state index is 12.3. The number of sulfonamides is 1. The maximum absolute atomic E-state index is 12.3. The second kappa shape index (κ2) is 5.15. The third-order valence-electron chi connectivity index (χ3n) is 3.79. The normalized spacial score (nSPS) is 15.1. The molecule has 5 heteroatoms. The summed E-state index contributed by atoms with van der Waals surface area (Å²) in [6.07, 6.45) is 1.87. The van der Waals surface area contributed by atoms with Crippen LogP contribution >= 0.6 is 0 Å². The van der Waals surface area contributed by atoms with E-state index in [1.165, 1.54) is 0 Å². The minimum absolute atomic E-state index is 0.0442. The molecule has 0 heterocycles. The van der Waals surface area contributed by atoms with Crippen molar-refractivity contribution in [2.24, 2.45) is 5.92 Å². The number of benzene rings is 2. The van der Waals surface area contributed by atoms with Crippen molar-refractivity contribution in [1.29, 1.82) is 0 Å². The summed E-state index contributed by atoms with van der Waals surface area (Å²) in [5.74, 6) is -0.292. The molecule has 2 aromatic carbocycles. The Hall–Kier alpha value is -1.88. The number of hydrogen-bond donors (Lipinski definition) is 1. The molecule has 1 saturated carbocycles. The average Bonchev–Trinajstić information content (AvgIpc) is 3.22. The van der Waals surface area contributed by atoms with Gasteiger partial charge in [0.1, 0.15) is 0 Å². The van der Waals surface area contributed by atoms with Crippen molar-refractivity contribution in [3.8, 4) is 0 Å². The molecule has 1 amide bonds. The molecule has 21 heavy (non-hydrogen) atoms. The molecule has 0 atom stereocenters. The van der Waals surface area contributed by atoms with Crippen LogP contribution in [-0.2, 0) is 10.0 Å². The Bertz CT molecular complexity index is 807. The van der Waals surface area contributed by atoms with Gasteiger partial charge in [-0.15, -0.1) is 0 Å². The fourth-order valence-corrected chi connectivity index (χ4v) is 3.91. The Labute approximate surface area is 124 Å². The highest BCUT2D eigenvalue weighted by Gasteiger charge is 2.29. The van der Waals surface area contributed by atoms with Crippen LogP contribution in [0.2, 0.25) is 0 Å². The third kappa shape index (κ3) is 3.08. The van der Waals surface area contributed by atoms with E-state index in [1.54, 1.807) is 6.07 Å². The quantitative estimate of drug-likeness (QED) is 0.944. The van der Waals surface area contributed by atoms with Crippen LogP contribution < -0.4 is 4.72 Å². The number of carbonyl (C=O) groups excluding carboxylic acids is 1. The molecule has 0 saturated heterocycles. The van der Waals surface area contributed by atoms with Gasteiger partial charge in [-0.3, -0.25) is 4.79 Å². The van der Waals surface area contributed by atoms with E-state index in [0.717, 1.165) is 29.2 Å². The van der Waals surface area contributed by atoms with Gasteiger partial charge in [0, 0.05) is 5.56 Å². The van der Waals surface area contributed by atoms with Crippen LogP contribution in [0.5, 0.6) is 0 Å². The van der Waals surface area contributed by atoms with Gasteiger partial charge in [-0.1, -0.05) is 30.3 Å². The first kappa shape index (κ1) is 14.1. The highest BCUT2D eigenvalue weighted by Crippen LogP contribution is 2.30. The summed E-state index contributed by atoms with van der Waals surface area (Å²) in [6, 6.07) is 11.0. The van der Waals surface area contributed by atoms with Gasteiger partial charge in [0.15, 0.2) is 0 Å². The zero-order valence-corrected chi connectivity index (χ0v) is 12.6. The standard InChI is InChI=1S/C16H17NO3S/c1-11-6-9-15(14-5-3-2-4-13(11)14)16(18)17-21(19,20)10-12-7-8-12/h2-6,9,12H,7-8,10H2,1H3,(H,17,18). The Morgan fingerprint density at radius 1 is 1.14 bits per heavy atom. The van der Waals surface area contributed by atoms with Crippen LogP contribution in [0.4, 0.5) is 0 Å². The summed E-state index contributed by atoms with van der Waals surface area (Å²) in [6.45, 7) is 1.97. The second-order valence-corrected chi connectivity index (χ2v) is 7.40. The van der Waals surface area contributed by atoms with Crippen LogP contribution in [0.25, 0.3) is 10.8 Å². The first-order chi connectivity index (χ1) is 9.96. The number of nitrogens with one attached hydrogen (secondary N) is 1. The van der Waals surface area contributed by atoms with Crippen LogP contribution in [0, 0.1) is 12.8 Å². The van der Waals surface area contributed by atoms with Gasteiger partial charge in [-0.2, -0.15) is 0 Å². The molecule has 1 aliphatic rings. The largest absolute Gasteiger partial charge is 0.268 e. The predicted molar refractivity (Wildman–Crippen MR) is 82.7 cm³/mol. The zero-order valence-electron chi connectivity index (χ0n) is 11.8. The van der Waals surface area contributed by atoms with Crippen LogP contribution in [0.15, 0.2) is 36.4 Å². The number of carbonyl (C=O) groups is 1. The van der Waals surface area contributed by atoms with E-state index in [-0.39, 0.29) is 11.7 Å². The molecular formula is C16H17NO3S. The fraction of sp³-hybridized carbons (Fsp3) is 0.312. The number of amides is 1. The summed E-state index contributed by atoms with van der Waals surface area (Å²) in [5.41, 5.74) is 1.46. The van der Waals surface area contributed by atoms with E-state index in [1.807, 2.05) is 37.3 Å². The van der Waals surface area contributed by atoms with Crippen LogP contribution in [-0.4, -0.2) is 20.1 Å². The summed E-state index contributed by atoms with van der Waals surface area (Å²) < 4.78 is 26.1.